The molecule has 0 fully saturated rings. The molecule has 0 unspecified atom stereocenters. The first-order chi connectivity index (χ1) is 7.70. The summed E-state index contributed by atoms with van der Waals surface area (Å²) >= 11 is 0. The van der Waals surface area contributed by atoms with Crippen LogP contribution in [0.4, 0.5) is 0 Å². The fourth-order valence-corrected chi connectivity index (χ4v) is 2.25. The predicted molar refractivity (Wildman–Crippen MR) is 68.5 cm³/mol. The van der Waals surface area contributed by atoms with E-state index in [2.05, 4.69) is 25.6 Å². The lowest BCUT2D eigenvalue weighted by Crippen LogP contribution is -2.19. The fourth-order valence-electron chi connectivity index (χ4n) is 2.25. The fraction of sp³-hybridized carbons (Fsp3) is 0.400. The Balaban J connectivity index is 2.95. The zero-order chi connectivity index (χ0) is 12.0. The van der Waals surface area contributed by atoms with Gasteiger partial charge in [0.1, 0.15) is 5.78 Å². The quantitative estimate of drug-likeness (QED) is 0.658. The van der Waals surface area contributed by atoms with Gasteiger partial charge in [0.15, 0.2) is 0 Å². The van der Waals surface area contributed by atoms with Crippen LogP contribution in [0.2, 0.25) is 0 Å². The van der Waals surface area contributed by atoms with Crippen LogP contribution in [-0.4, -0.2) is 5.78 Å². The van der Waals surface area contributed by atoms with Crippen LogP contribution in [0.3, 0.4) is 0 Å². The SMILES string of the molecule is C=CC[C@H](C(C)=O)[C@H](CC)c1ccccc1. The highest BCUT2D eigenvalue weighted by Gasteiger charge is 2.24. The van der Waals surface area contributed by atoms with Gasteiger partial charge in [0.25, 0.3) is 0 Å². The van der Waals surface area contributed by atoms with Gasteiger partial charge >= 0.3 is 0 Å². The molecule has 0 saturated carbocycles. The highest BCUT2D eigenvalue weighted by Crippen LogP contribution is 2.31. The number of carbonyl (C=O) groups excluding carboxylic acids is 1. The first-order valence-electron chi connectivity index (χ1n) is 5.87. The monoisotopic (exact) mass is 216 g/mol. The van der Waals surface area contributed by atoms with Crippen LogP contribution in [0.15, 0.2) is 43.0 Å². The van der Waals surface area contributed by atoms with Crippen LogP contribution in [-0.2, 0) is 4.79 Å². The van der Waals surface area contributed by atoms with E-state index in [9.17, 15) is 4.79 Å². The first kappa shape index (κ1) is 12.7. The minimum Gasteiger partial charge on any atom is -0.300 e. The molecule has 1 rings (SSSR count). The molecule has 0 spiro atoms. The smallest absolute Gasteiger partial charge is 0.133 e. The topological polar surface area (TPSA) is 17.1 Å². The molecule has 0 saturated heterocycles. The minimum atomic E-state index is 0.0740. The highest BCUT2D eigenvalue weighted by molar-refractivity contribution is 5.79. The summed E-state index contributed by atoms with van der Waals surface area (Å²) in [5, 5.41) is 0. The summed E-state index contributed by atoms with van der Waals surface area (Å²) < 4.78 is 0. The summed E-state index contributed by atoms with van der Waals surface area (Å²) in [7, 11) is 0. The predicted octanol–water partition coefficient (Wildman–Crippen LogP) is 3.96. The van der Waals surface area contributed by atoms with Gasteiger partial charge in [0.05, 0.1) is 0 Å². The Morgan fingerprint density at radius 2 is 2.00 bits per heavy atom. The molecule has 0 aromatic heterocycles. The number of allylic oxidation sites excluding steroid dienone is 1. The molecule has 1 aromatic rings. The lowest BCUT2D eigenvalue weighted by molar-refractivity contribution is -0.121. The summed E-state index contributed by atoms with van der Waals surface area (Å²) in [5.41, 5.74) is 1.26. The summed E-state index contributed by atoms with van der Waals surface area (Å²) in [4.78, 5) is 11.7. The molecule has 1 aromatic carbocycles. The van der Waals surface area contributed by atoms with Crippen molar-refractivity contribution in [2.45, 2.75) is 32.6 Å². The third-order valence-corrected chi connectivity index (χ3v) is 3.10. The molecule has 0 aliphatic heterocycles. The summed E-state index contributed by atoms with van der Waals surface area (Å²) in [5.74, 6) is 0.650. The van der Waals surface area contributed by atoms with E-state index >= 15 is 0 Å². The van der Waals surface area contributed by atoms with Crippen LogP contribution in [0.1, 0.15) is 38.2 Å². The maximum Gasteiger partial charge on any atom is 0.133 e. The van der Waals surface area contributed by atoms with Crippen molar-refractivity contribution in [2.75, 3.05) is 0 Å². The molecular formula is C15H20O. The van der Waals surface area contributed by atoms with Crippen molar-refractivity contribution in [3.63, 3.8) is 0 Å². The molecule has 0 aliphatic carbocycles. The average Bonchev–Trinajstić information content (AvgIpc) is 2.30. The Labute approximate surface area is 98.2 Å². The zero-order valence-electron chi connectivity index (χ0n) is 10.1. The van der Waals surface area contributed by atoms with E-state index in [-0.39, 0.29) is 11.7 Å². The van der Waals surface area contributed by atoms with E-state index in [0.717, 1.165) is 12.8 Å². The van der Waals surface area contributed by atoms with Gasteiger partial charge in [-0.15, -0.1) is 6.58 Å². The number of carbonyl (C=O) groups is 1. The molecular weight excluding hydrogens is 196 g/mol. The first-order valence-corrected chi connectivity index (χ1v) is 5.87. The molecule has 0 radical (unpaired) electrons. The Morgan fingerprint density at radius 3 is 2.44 bits per heavy atom. The van der Waals surface area contributed by atoms with E-state index in [1.54, 1.807) is 6.92 Å². The summed E-state index contributed by atoms with van der Waals surface area (Å²) in [6, 6.07) is 10.3. The van der Waals surface area contributed by atoms with Gasteiger partial charge in [-0.1, -0.05) is 43.3 Å². The van der Waals surface area contributed by atoms with Gasteiger partial charge in [-0.2, -0.15) is 0 Å². The standard InChI is InChI=1S/C15H20O/c1-4-9-15(12(3)16)14(5-2)13-10-7-6-8-11-13/h4,6-8,10-11,14-15H,1,5,9H2,2-3H3/t14-,15-/m1/s1. The molecule has 0 N–H and O–H groups in total. The van der Waals surface area contributed by atoms with E-state index in [0.29, 0.717) is 5.92 Å². The number of hydrogen-bond acceptors (Lipinski definition) is 1. The van der Waals surface area contributed by atoms with Crippen molar-refractivity contribution < 1.29 is 4.79 Å². The van der Waals surface area contributed by atoms with Gasteiger partial charge in [-0.05, 0) is 31.2 Å². The van der Waals surface area contributed by atoms with Crippen molar-refractivity contribution in [1.29, 1.82) is 0 Å². The van der Waals surface area contributed by atoms with Gasteiger partial charge in [-0.3, -0.25) is 4.79 Å². The van der Waals surface area contributed by atoms with Gasteiger partial charge < -0.3 is 0 Å². The summed E-state index contributed by atoms with van der Waals surface area (Å²) in [6.07, 6.45) is 3.60. The van der Waals surface area contributed by atoms with E-state index in [1.165, 1.54) is 5.56 Å². The number of hydrogen-bond donors (Lipinski definition) is 0. The Morgan fingerprint density at radius 1 is 1.38 bits per heavy atom. The van der Waals surface area contributed by atoms with Crippen LogP contribution >= 0.6 is 0 Å². The maximum absolute atomic E-state index is 11.7. The lowest BCUT2D eigenvalue weighted by Gasteiger charge is -2.23. The van der Waals surface area contributed by atoms with Gasteiger partial charge in [0, 0.05) is 5.92 Å². The molecule has 86 valence electrons. The Kier molecular flexibility index (Phi) is 4.97. The van der Waals surface area contributed by atoms with Crippen molar-refractivity contribution >= 4 is 5.78 Å². The minimum absolute atomic E-state index is 0.0740. The van der Waals surface area contributed by atoms with Crippen molar-refractivity contribution in [1.82, 2.24) is 0 Å². The largest absolute Gasteiger partial charge is 0.300 e. The Bertz CT molecular complexity index is 340. The molecule has 0 aliphatic rings. The molecule has 1 heteroatoms. The van der Waals surface area contributed by atoms with Crippen LogP contribution in [0.25, 0.3) is 0 Å². The molecule has 0 heterocycles. The van der Waals surface area contributed by atoms with Gasteiger partial charge in [0.2, 0.25) is 0 Å². The molecule has 2 atom stereocenters. The molecule has 0 bridgehead atoms. The third-order valence-electron chi connectivity index (χ3n) is 3.10. The number of ketones is 1. The molecule has 16 heavy (non-hydrogen) atoms. The number of benzene rings is 1. The number of Topliss-reactive ketones (excluding diaryl/α,β-unsaturated/α-hetero) is 1. The molecule has 0 amide bonds. The second kappa shape index (κ2) is 6.26. The van der Waals surface area contributed by atoms with Crippen LogP contribution in [0, 0.1) is 5.92 Å². The van der Waals surface area contributed by atoms with Crippen molar-refractivity contribution in [2.24, 2.45) is 5.92 Å². The highest BCUT2D eigenvalue weighted by atomic mass is 16.1. The molecule has 1 nitrogen and oxygen atoms in total. The second-order valence-electron chi connectivity index (χ2n) is 4.17. The van der Waals surface area contributed by atoms with E-state index in [4.69, 9.17) is 0 Å². The summed E-state index contributed by atoms with van der Waals surface area (Å²) in [6.45, 7) is 7.56. The normalized spacial score (nSPS) is 14.1. The van der Waals surface area contributed by atoms with Crippen LogP contribution in [0.5, 0.6) is 0 Å². The van der Waals surface area contributed by atoms with Gasteiger partial charge in [-0.25, -0.2) is 0 Å². The van der Waals surface area contributed by atoms with Crippen molar-refractivity contribution in [3.05, 3.63) is 48.6 Å². The third kappa shape index (κ3) is 3.06. The Hall–Kier alpha value is -1.37. The van der Waals surface area contributed by atoms with Crippen LogP contribution < -0.4 is 0 Å². The van der Waals surface area contributed by atoms with E-state index in [1.807, 2.05) is 24.3 Å². The number of rotatable bonds is 6. The lowest BCUT2D eigenvalue weighted by atomic mass is 9.80. The van der Waals surface area contributed by atoms with E-state index < -0.39 is 0 Å². The van der Waals surface area contributed by atoms with Crippen molar-refractivity contribution in [3.8, 4) is 0 Å². The average molecular weight is 216 g/mol. The second-order valence-corrected chi connectivity index (χ2v) is 4.17. The maximum atomic E-state index is 11.7. The zero-order valence-corrected chi connectivity index (χ0v) is 10.1.